The van der Waals surface area contributed by atoms with Gasteiger partial charge in [0.1, 0.15) is 0 Å². The van der Waals surface area contributed by atoms with Crippen LogP contribution in [0.25, 0.3) is 0 Å². The zero-order valence-corrected chi connectivity index (χ0v) is 30.8. The SMILES string of the molecule is CCO[Si](CCCNC(=O)NCCCCCCCCCCNC(=O)NCCC[Si](OCC)(OCC)OCC)(OCC)OCC. The summed E-state index contributed by atoms with van der Waals surface area (Å²) in [5.74, 6) is 0. The molecular weight excluding hydrogens is 601 g/mol. The third-order valence-corrected chi connectivity index (χ3v) is 13.1. The molecule has 4 amide bonds. The molecule has 0 bridgehead atoms. The van der Waals surface area contributed by atoms with Crippen molar-refractivity contribution < 1.29 is 36.1 Å². The average Bonchev–Trinajstić information content (AvgIpc) is 2.99. The van der Waals surface area contributed by atoms with Crippen LogP contribution < -0.4 is 21.3 Å². The van der Waals surface area contributed by atoms with Gasteiger partial charge in [-0.25, -0.2) is 9.59 Å². The van der Waals surface area contributed by atoms with Gasteiger partial charge >= 0.3 is 29.7 Å². The monoisotopic (exact) mass is 666 g/mol. The van der Waals surface area contributed by atoms with Crippen molar-refractivity contribution in [3.63, 3.8) is 0 Å². The Hall–Kier alpha value is -1.27. The van der Waals surface area contributed by atoms with Gasteiger partial charge in [0, 0.05) is 77.9 Å². The molecule has 0 heterocycles. The van der Waals surface area contributed by atoms with Crippen LogP contribution in [0.4, 0.5) is 9.59 Å². The maximum atomic E-state index is 12.1. The van der Waals surface area contributed by atoms with E-state index in [0.29, 0.717) is 77.9 Å². The molecule has 0 aliphatic rings. The van der Waals surface area contributed by atoms with Gasteiger partial charge in [-0.1, -0.05) is 38.5 Å². The maximum Gasteiger partial charge on any atom is 0.500 e. The van der Waals surface area contributed by atoms with Gasteiger partial charge in [-0.3, -0.25) is 0 Å². The van der Waals surface area contributed by atoms with Crippen LogP contribution in [0.5, 0.6) is 0 Å². The summed E-state index contributed by atoms with van der Waals surface area (Å²) < 4.78 is 35.1. The van der Waals surface area contributed by atoms with Crippen LogP contribution in [-0.4, -0.2) is 95.5 Å². The fourth-order valence-corrected chi connectivity index (χ4v) is 10.1. The number of nitrogens with one attached hydrogen (secondary N) is 4. The topological polar surface area (TPSA) is 138 Å². The minimum absolute atomic E-state index is 0.128. The van der Waals surface area contributed by atoms with E-state index in [1.54, 1.807) is 0 Å². The van der Waals surface area contributed by atoms with Gasteiger partial charge < -0.3 is 47.8 Å². The highest BCUT2D eigenvalue weighted by Crippen LogP contribution is 2.19. The summed E-state index contributed by atoms with van der Waals surface area (Å²) >= 11 is 0. The molecule has 0 aliphatic carbocycles. The van der Waals surface area contributed by atoms with Crippen molar-refractivity contribution in [3.8, 4) is 0 Å². The largest absolute Gasteiger partial charge is 0.500 e. The summed E-state index contributed by atoms with van der Waals surface area (Å²) in [4.78, 5) is 24.1. The number of hydrogen-bond donors (Lipinski definition) is 4. The Morgan fingerprint density at radius 3 is 0.864 bits per heavy atom. The zero-order chi connectivity index (χ0) is 32.8. The van der Waals surface area contributed by atoms with Crippen LogP contribution in [-0.2, 0) is 26.6 Å². The second kappa shape index (κ2) is 29.2. The lowest BCUT2D eigenvalue weighted by Crippen LogP contribution is -2.46. The molecule has 0 spiro atoms. The highest BCUT2D eigenvalue weighted by atomic mass is 28.4. The van der Waals surface area contributed by atoms with Crippen molar-refractivity contribution in [2.24, 2.45) is 0 Å². The Bertz CT molecular complexity index is 607. The van der Waals surface area contributed by atoms with Crippen LogP contribution in [0.2, 0.25) is 12.1 Å². The number of urea groups is 2. The van der Waals surface area contributed by atoms with Crippen LogP contribution in [0.1, 0.15) is 106 Å². The molecule has 0 rings (SSSR count). The molecule has 14 heteroatoms. The van der Waals surface area contributed by atoms with Crippen molar-refractivity contribution in [2.45, 2.75) is 118 Å². The molecule has 4 N–H and O–H groups in total. The molecule has 44 heavy (non-hydrogen) atoms. The van der Waals surface area contributed by atoms with Crippen molar-refractivity contribution in [1.29, 1.82) is 0 Å². The van der Waals surface area contributed by atoms with E-state index in [2.05, 4.69) is 21.3 Å². The Morgan fingerprint density at radius 2 is 0.614 bits per heavy atom. The van der Waals surface area contributed by atoms with Crippen molar-refractivity contribution >= 4 is 29.7 Å². The predicted molar refractivity (Wildman–Crippen MR) is 180 cm³/mol. The molecular formula is C30H66N4O8Si2. The predicted octanol–water partition coefficient (Wildman–Crippen LogP) is 5.58. The molecule has 0 saturated carbocycles. The Morgan fingerprint density at radius 1 is 0.386 bits per heavy atom. The smallest absolute Gasteiger partial charge is 0.374 e. The molecule has 0 aromatic rings. The Labute approximate surface area is 270 Å². The van der Waals surface area contributed by atoms with Gasteiger partial charge in [-0.2, -0.15) is 0 Å². The van der Waals surface area contributed by atoms with E-state index in [1.807, 2.05) is 41.5 Å². The normalized spacial score (nSPS) is 11.9. The molecule has 0 aromatic carbocycles. The summed E-state index contributed by atoms with van der Waals surface area (Å²) in [6.07, 6.45) is 10.4. The molecule has 0 aliphatic heterocycles. The first kappa shape index (κ1) is 42.7. The summed E-state index contributed by atoms with van der Waals surface area (Å²) in [6.45, 7) is 17.5. The standard InChI is InChI=1S/C30H66N4O8Si2/c1-7-37-43(38-8-2,39-9-3)27-21-25-33-29(35)31-23-19-17-15-13-14-16-18-20-24-32-30(36)34-26-22-28-44(40-10-4,41-11-5)42-12-6/h7-28H2,1-6H3,(H2,31,33,35)(H2,32,34,36). The quantitative estimate of drug-likeness (QED) is 0.0556. The van der Waals surface area contributed by atoms with E-state index in [-0.39, 0.29) is 12.1 Å². The van der Waals surface area contributed by atoms with Crippen LogP contribution in [0.15, 0.2) is 0 Å². The summed E-state index contributed by atoms with van der Waals surface area (Å²) in [6, 6.07) is 1.13. The maximum absolute atomic E-state index is 12.1. The van der Waals surface area contributed by atoms with E-state index in [9.17, 15) is 9.59 Å². The second-order valence-electron chi connectivity index (χ2n) is 10.4. The Kier molecular flexibility index (Phi) is 28.3. The number of hydrogen-bond acceptors (Lipinski definition) is 8. The average molecular weight is 667 g/mol. The van der Waals surface area contributed by atoms with Gasteiger partial charge in [0.2, 0.25) is 0 Å². The molecule has 12 nitrogen and oxygen atoms in total. The van der Waals surface area contributed by atoms with Gasteiger partial charge in [-0.05, 0) is 67.2 Å². The number of rotatable bonds is 31. The molecule has 262 valence electrons. The van der Waals surface area contributed by atoms with E-state index < -0.39 is 17.6 Å². The summed E-state index contributed by atoms with van der Waals surface area (Å²) in [7, 11) is -5.29. The molecule has 0 aromatic heterocycles. The minimum Gasteiger partial charge on any atom is -0.374 e. The number of amides is 4. The summed E-state index contributed by atoms with van der Waals surface area (Å²) in [5.41, 5.74) is 0. The lowest BCUT2D eigenvalue weighted by molar-refractivity contribution is 0.0700. The zero-order valence-electron chi connectivity index (χ0n) is 28.8. The third-order valence-electron chi connectivity index (χ3n) is 6.75. The van der Waals surface area contributed by atoms with Gasteiger partial charge in [-0.15, -0.1) is 0 Å². The lowest BCUT2D eigenvalue weighted by atomic mass is 10.1. The van der Waals surface area contributed by atoms with E-state index in [0.717, 1.165) is 38.5 Å². The highest BCUT2D eigenvalue weighted by molar-refractivity contribution is 6.61. The minimum atomic E-state index is -2.65. The highest BCUT2D eigenvalue weighted by Gasteiger charge is 2.40. The van der Waals surface area contributed by atoms with Gasteiger partial charge in [0.15, 0.2) is 0 Å². The fraction of sp³-hybridized carbons (Fsp3) is 0.933. The molecule has 0 unspecified atom stereocenters. The molecule has 0 atom stereocenters. The van der Waals surface area contributed by atoms with Gasteiger partial charge in [0.05, 0.1) is 0 Å². The second-order valence-corrected chi connectivity index (χ2v) is 15.8. The molecule has 0 radical (unpaired) electrons. The number of carbonyl (C=O) groups excluding carboxylic acids is 2. The lowest BCUT2D eigenvalue weighted by Gasteiger charge is -2.28. The van der Waals surface area contributed by atoms with Crippen LogP contribution in [0.3, 0.4) is 0 Å². The van der Waals surface area contributed by atoms with E-state index in [4.69, 9.17) is 26.6 Å². The Balaban J connectivity index is 3.71. The first-order valence-electron chi connectivity index (χ1n) is 17.2. The van der Waals surface area contributed by atoms with E-state index in [1.165, 1.54) is 25.7 Å². The van der Waals surface area contributed by atoms with Crippen molar-refractivity contribution in [2.75, 3.05) is 65.8 Å². The van der Waals surface area contributed by atoms with E-state index >= 15 is 0 Å². The first-order chi connectivity index (χ1) is 21.4. The van der Waals surface area contributed by atoms with Crippen LogP contribution >= 0.6 is 0 Å². The first-order valence-corrected chi connectivity index (χ1v) is 21.1. The molecule has 0 fully saturated rings. The molecule has 0 saturated heterocycles. The third kappa shape index (κ3) is 22.3. The van der Waals surface area contributed by atoms with Crippen LogP contribution in [0, 0.1) is 0 Å². The van der Waals surface area contributed by atoms with Crippen molar-refractivity contribution in [1.82, 2.24) is 21.3 Å². The number of carbonyl (C=O) groups is 2. The summed E-state index contributed by atoms with van der Waals surface area (Å²) in [5, 5.41) is 11.7. The van der Waals surface area contributed by atoms with Crippen molar-refractivity contribution in [3.05, 3.63) is 0 Å². The number of unbranched alkanes of at least 4 members (excludes halogenated alkanes) is 7. The fourth-order valence-electron chi connectivity index (χ4n) is 4.86. The van der Waals surface area contributed by atoms with Gasteiger partial charge in [0.25, 0.3) is 0 Å².